The Balaban J connectivity index is 2.03. The van der Waals surface area contributed by atoms with Gasteiger partial charge in [0, 0.05) is 26.2 Å². The first-order valence-electron chi connectivity index (χ1n) is 7.35. The van der Waals surface area contributed by atoms with Crippen molar-refractivity contribution in [2.75, 3.05) is 25.0 Å². The first kappa shape index (κ1) is 15.5. The van der Waals surface area contributed by atoms with Gasteiger partial charge in [-0.1, -0.05) is 18.5 Å². The monoisotopic (exact) mass is 297 g/mol. The second-order valence-electron chi connectivity index (χ2n) is 5.50. The Labute approximate surface area is 126 Å². The van der Waals surface area contributed by atoms with Gasteiger partial charge in [0.05, 0.1) is 22.9 Å². The van der Waals surface area contributed by atoms with E-state index in [4.69, 9.17) is 16.3 Å². The van der Waals surface area contributed by atoms with Crippen LogP contribution in [0.1, 0.15) is 32.9 Å². The van der Waals surface area contributed by atoms with Crippen molar-refractivity contribution in [1.29, 1.82) is 0 Å². The number of aromatic nitrogens is 1. The molecule has 1 aliphatic rings. The van der Waals surface area contributed by atoms with Gasteiger partial charge < -0.3 is 10.1 Å². The maximum absolute atomic E-state index is 6.27. The molecule has 1 fully saturated rings. The van der Waals surface area contributed by atoms with Gasteiger partial charge in [0.15, 0.2) is 0 Å². The van der Waals surface area contributed by atoms with E-state index in [1.165, 1.54) is 0 Å². The fourth-order valence-corrected chi connectivity index (χ4v) is 2.74. The molecule has 1 aromatic rings. The Kier molecular flexibility index (Phi) is 5.64. The van der Waals surface area contributed by atoms with Crippen molar-refractivity contribution in [3.63, 3.8) is 0 Å². The summed E-state index contributed by atoms with van der Waals surface area (Å²) in [7, 11) is 0. The SMILES string of the molecule is CCCNc1ccc(Cl)c(CN2CC(C)OC(C)C2)n1. The first-order valence-corrected chi connectivity index (χ1v) is 7.73. The number of halogens is 1. The van der Waals surface area contributed by atoms with E-state index in [1.54, 1.807) is 0 Å². The molecule has 2 atom stereocenters. The Bertz CT molecular complexity index is 431. The molecule has 0 radical (unpaired) electrons. The molecular formula is C15H24ClN3O. The van der Waals surface area contributed by atoms with E-state index >= 15 is 0 Å². The van der Waals surface area contributed by atoms with Gasteiger partial charge >= 0.3 is 0 Å². The average molecular weight is 298 g/mol. The van der Waals surface area contributed by atoms with Crippen LogP contribution < -0.4 is 5.32 Å². The number of nitrogens with one attached hydrogen (secondary N) is 1. The summed E-state index contributed by atoms with van der Waals surface area (Å²) in [4.78, 5) is 6.99. The lowest BCUT2D eigenvalue weighted by molar-refractivity contribution is -0.0707. The fraction of sp³-hybridized carbons (Fsp3) is 0.667. The van der Waals surface area contributed by atoms with Crippen LogP contribution in [-0.2, 0) is 11.3 Å². The number of anilines is 1. The molecule has 0 spiro atoms. The largest absolute Gasteiger partial charge is 0.373 e. The highest BCUT2D eigenvalue weighted by Gasteiger charge is 2.23. The zero-order chi connectivity index (χ0) is 14.5. The summed E-state index contributed by atoms with van der Waals surface area (Å²) in [6.07, 6.45) is 1.61. The van der Waals surface area contributed by atoms with Crippen LogP contribution in [0.5, 0.6) is 0 Å². The number of nitrogens with zero attached hydrogens (tertiary/aromatic N) is 2. The van der Waals surface area contributed by atoms with Crippen LogP contribution in [0.4, 0.5) is 5.82 Å². The molecule has 0 amide bonds. The molecule has 0 aliphatic carbocycles. The van der Waals surface area contributed by atoms with Gasteiger partial charge in [0.2, 0.25) is 0 Å². The molecule has 2 rings (SSSR count). The predicted octanol–water partition coefficient (Wildman–Crippen LogP) is 3.17. The van der Waals surface area contributed by atoms with E-state index in [9.17, 15) is 0 Å². The molecule has 0 bridgehead atoms. The molecule has 1 aliphatic heterocycles. The molecule has 1 N–H and O–H groups in total. The zero-order valence-electron chi connectivity index (χ0n) is 12.5. The lowest BCUT2D eigenvalue weighted by Gasteiger charge is -2.35. The number of ether oxygens (including phenoxy) is 1. The molecule has 2 unspecified atom stereocenters. The van der Waals surface area contributed by atoms with Gasteiger partial charge in [0.25, 0.3) is 0 Å². The third kappa shape index (κ3) is 4.33. The number of morpholine rings is 1. The van der Waals surface area contributed by atoms with Crippen molar-refractivity contribution in [2.24, 2.45) is 0 Å². The summed E-state index contributed by atoms with van der Waals surface area (Å²) in [5.74, 6) is 0.903. The van der Waals surface area contributed by atoms with Gasteiger partial charge in [-0.05, 0) is 32.4 Å². The lowest BCUT2D eigenvalue weighted by Crippen LogP contribution is -2.45. The van der Waals surface area contributed by atoms with Gasteiger partial charge in [-0.3, -0.25) is 4.90 Å². The Morgan fingerprint density at radius 3 is 2.70 bits per heavy atom. The van der Waals surface area contributed by atoms with Crippen molar-refractivity contribution in [3.8, 4) is 0 Å². The molecule has 5 heteroatoms. The molecule has 1 aromatic heterocycles. The molecular weight excluding hydrogens is 274 g/mol. The van der Waals surface area contributed by atoms with E-state index < -0.39 is 0 Å². The van der Waals surface area contributed by atoms with E-state index in [2.05, 4.69) is 36.0 Å². The van der Waals surface area contributed by atoms with Crippen molar-refractivity contribution in [3.05, 3.63) is 22.8 Å². The van der Waals surface area contributed by atoms with Crippen LogP contribution in [0.3, 0.4) is 0 Å². The molecule has 2 heterocycles. The smallest absolute Gasteiger partial charge is 0.126 e. The Morgan fingerprint density at radius 2 is 2.05 bits per heavy atom. The molecule has 4 nitrogen and oxygen atoms in total. The molecule has 112 valence electrons. The normalized spacial score (nSPS) is 23.8. The third-order valence-electron chi connectivity index (χ3n) is 3.34. The van der Waals surface area contributed by atoms with Gasteiger partial charge in [-0.2, -0.15) is 0 Å². The van der Waals surface area contributed by atoms with E-state index in [0.29, 0.717) is 0 Å². The highest BCUT2D eigenvalue weighted by molar-refractivity contribution is 6.31. The maximum atomic E-state index is 6.27. The van der Waals surface area contributed by atoms with Crippen molar-refractivity contribution in [1.82, 2.24) is 9.88 Å². The fourth-order valence-electron chi connectivity index (χ4n) is 2.57. The quantitative estimate of drug-likeness (QED) is 0.906. The van der Waals surface area contributed by atoms with Crippen LogP contribution in [0, 0.1) is 0 Å². The van der Waals surface area contributed by atoms with Crippen LogP contribution >= 0.6 is 11.6 Å². The number of hydrogen-bond acceptors (Lipinski definition) is 4. The topological polar surface area (TPSA) is 37.4 Å². The molecule has 1 saturated heterocycles. The van der Waals surface area contributed by atoms with Gasteiger partial charge in [-0.15, -0.1) is 0 Å². The third-order valence-corrected chi connectivity index (χ3v) is 3.69. The van der Waals surface area contributed by atoms with Crippen molar-refractivity contribution >= 4 is 17.4 Å². The summed E-state index contributed by atoms with van der Waals surface area (Å²) in [6.45, 7) is 9.91. The Hall–Kier alpha value is -0.840. The molecule has 0 saturated carbocycles. The minimum Gasteiger partial charge on any atom is -0.373 e. The highest BCUT2D eigenvalue weighted by Crippen LogP contribution is 2.20. The summed E-state index contributed by atoms with van der Waals surface area (Å²) in [5, 5.41) is 4.04. The summed E-state index contributed by atoms with van der Waals surface area (Å²) in [5.41, 5.74) is 0.939. The van der Waals surface area contributed by atoms with Crippen molar-refractivity contribution in [2.45, 2.75) is 45.9 Å². The standard InChI is InChI=1S/C15H24ClN3O/c1-4-7-17-15-6-5-13(16)14(18-15)10-19-8-11(2)20-12(3)9-19/h5-6,11-12H,4,7-10H2,1-3H3,(H,17,18). The number of hydrogen-bond donors (Lipinski definition) is 1. The Morgan fingerprint density at radius 1 is 1.35 bits per heavy atom. The minimum absolute atomic E-state index is 0.263. The first-order chi connectivity index (χ1) is 9.58. The zero-order valence-corrected chi connectivity index (χ0v) is 13.3. The van der Waals surface area contributed by atoms with Crippen LogP contribution in [0.25, 0.3) is 0 Å². The second kappa shape index (κ2) is 7.25. The average Bonchev–Trinajstić information content (AvgIpc) is 2.38. The second-order valence-corrected chi connectivity index (χ2v) is 5.91. The van der Waals surface area contributed by atoms with Crippen LogP contribution in [-0.4, -0.2) is 41.7 Å². The van der Waals surface area contributed by atoms with Crippen molar-refractivity contribution < 1.29 is 4.74 Å². The van der Waals surface area contributed by atoms with Crippen LogP contribution in [0.15, 0.2) is 12.1 Å². The van der Waals surface area contributed by atoms with E-state index in [-0.39, 0.29) is 12.2 Å². The summed E-state index contributed by atoms with van der Waals surface area (Å²) >= 11 is 6.27. The molecule has 20 heavy (non-hydrogen) atoms. The van der Waals surface area contributed by atoms with Gasteiger partial charge in [0.1, 0.15) is 5.82 Å². The predicted molar refractivity (Wildman–Crippen MR) is 83.3 cm³/mol. The summed E-state index contributed by atoms with van der Waals surface area (Å²) < 4.78 is 5.75. The highest BCUT2D eigenvalue weighted by atomic mass is 35.5. The number of rotatable bonds is 5. The maximum Gasteiger partial charge on any atom is 0.126 e. The summed E-state index contributed by atoms with van der Waals surface area (Å²) in [6, 6.07) is 3.86. The minimum atomic E-state index is 0.263. The molecule has 0 aromatic carbocycles. The van der Waals surface area contributed by atoms with E-state index in [0.717, 1.165) is 49.1 Å². The van der Waals surface area contributed by atoms with Gasteiger partial charge in [-0.25, -0.2) is 4.98 Å². The number of pyridine rings is 1. The van der Waals surface area contributed by atoms with Crippen LogP contribution in [0.2, 0.25) is 5.02 Å². The van der Waals surface area contributed by atoms with E-state index in [1.807, 2.05) is 12.1 Å². The lowest BCUT2D eigenvalue weighted by atomic mass is 10.2.